The van der Waals surface area contributed by atoms with Crippen molar-refractivity contribution < 1.29 is 27.5 Å². The van der Waals surface area contributed by atoms with Crippen LogP contribution in [0.5, 0.6) is 5.75 Å². The number of nitrogens with one attached hydrogen (secondary N) is 1. The number of ether oxygens (including phenoxy) is 2. The van der Waals surface area contributed by atoms with Crippen molar-refractivity contribution in [2.24, 2.45) is 0 Å². The maximum atomic E-state index is 12.7. The van der Waals surface area contributed by atoms with Gasteiger partial charge in [0, 0.05) is 10.7 Å². The van der Waals surface area contributed by atoms with Gasteiger partial charge in [-0.3, -0.25) is 9.10 Å². The van der Waals surface area contributed by atoms with Gasteiger partial charge in [-0.25, -0.2) is 13.2 Å². The van der Waals surface area contributed by atoms with E-state index in [9.17, 15) is 18.0 Å². The first-order valence-electron chi connectivity index (χ1n) is 8.71. The zero-order valence-corrected chi connectivity index (χ0v) is 17.3. The van der Waals surface area contributed by atoms with Gasteiger partial charge in [-0.1, -0.05) is 11.6 Å². The average molecular weight is 439 g/mol. The van der Waals surface area contributed by atoms with Gasteiger partial charge in [-0.05, 0) is 49.4 Å². The minimum absolute atomic E-state index is 0.196. The molecule has 0 aromatic heterocycles. The molecule has 0 aliphatic carbocycles. The number of anilines is 2. The number of carbonyl (C=O) groups excluding carboxylic acids is 2. The fourth-order valence-electron chi connectivity index (χ4n) is 2.80. The van der Waals surface area contributed by atoms with E-state index in [4.69, 9.17) is 21.1 Å². The van der Waals surface area contributed by atoms with Crippen molar-refractivity contribution in [1.29, 1.82) is 0 Å². The molecule has 2 aromatic carbocycles. The van der Waals surface area contributed by atoms with E-state index in [0.29, 0.717) is 16.3 Å². The molecular weight excluding hydrogens is 420 g/mol. The Bertz CT molecular complexity index is 1040. The summed E-state index contributed by atoms with van der Waals surface area (Å²) in [4.78, 5) is 24.4. The van der Waals surface area contributed by atoms with Crippen LogP contribution in [-0.2, 0) is 19.6 Å². The Hall–Kier alpha value is -2.78. The number of sulfonamides is 1. The van der Waals surface area contributed by atoms with E-state index >= 15 is 0 Å². The maximum absolute atomic E-state index is 12.7. The Labute approximate surface area is 173 Å². The normalized spacial score (nSPS) is 15.8. The molecule has 10 heteroatoms. The summed E-state index contributed by atoms with van der Waals surface area (Å²) in [5.41, 5.74) is 1.06. The van der Waals surface area contributed by atoms with Crippen molar-refractivity contribution in [2.45, 2.75) is 13.0 Å². The molecule has 8 nitrogen and oxygen atoms in total. The Balaban J connectivity index is 1.78. The van der Waals surface area contributed by atoms with Crippen LogP contribution in [0.4, 0.5) is 11.4 Å². The smallest absolute Gasteiger partial charge is 0.338 e. The topological polar surface area (TPSA) is 102 Å². The molecule has 1 aliphatic heterocycles. The van der Waals surface area contributed by atoms with Crippen molar-refractivity contribution in [3.63, 3.8) is 0 Å². The number of benzene rings is 2. The molecule has 1 aliphatic rings. The average Bonchev–Trinajstić information content (AvgIpc) is 2.67. The highest BCUT2D eigenvalue weighted by Crippen LogP contribution is 2.37. The van der Waals surface area contributed by atoms with Gasteiger partial charge in [0.2, 0.25) is 10.0 Å². The number of carbonyl (C=O) groups is 2. The highest BCUT2D eigenvalue weighted by atomic mass is 35.5. The van der Waals surface area contributed by atoms with Crippen molar-refractivity contribution in [2.75, 3.05) is 29.0 Å². The molecule has 29 heavy (non-hydrogen) atoms. The zero-order chi connectivity index (χ0) is 21.2. The Kier molecular flexibility index (Phi) is 5.99. The van der Waals surface area contributed by atoms with Crippen LogP contribution in [0.1, 0.15) is 17.3 Å². The van der Waals surface area contributed by atoms with Gasteiger partial charge in [0.1, 0.15) is 5.75 Å². The largest absolute Gasteiger partial charge is 0.476 e. The number of esters is 1. The lowest BCUT2D eigenvalue weighted by molar-refractivity contribution is -0.122. The first kappa shape index (κ1) is 20.9. The molecule has 1 amide bonds. The van der Waals surface area contributed by atoms with Crippen molar-refractivity contribution >= 4 is 44.9 Å². The first-order valence-corrected chi connectivity index (χ1v) is 10.9. The lowest BCUT2D eigenvalue weighted by atomic mass is 10.2. The van der Waals surface area contributed by atoms with Crippen molar-refractivity contribution in [3.8, 4) is 5.75 Å². The molecule has 0 spiro atoms. The SMILES string of the molecule is CCOC(=O)c1ccc(NC(=O)[C@@H]2CN(S(C)(=O)=O)c3cc(Cl)ccc3O2)cc1. The van der Waals surface area contributed by atoms with E-state index in [-0.39, 0.29) is 24.6 Å². The lowest BCUT2D eigenvalue weighted by Crippen LogP contribution is -2.48. The Morgan fingerprint density at radius 2 is 1.93 bits per heavy atom. The molecule has 154 valence electrons. The summed E-state index contributed by atoms with van der Waals surface area (Å²) in [5, 5.41) is 3.01. The lowest BCUT2D eigenvalue weighted by Gasteiger charge is -2.34. The van der Waals surface area contributed by atoms with E-state index < -0.39 is 28.0 Å². The quantitative estimate of drug-likeness (QED) is 0.720. The highest BCUT2D eigenvalue weighted by molar-refractivity contribution is 7.92. The molecular formula is C19H19ClN2O6S. The van der Waals surface area contributed by atoms with Crippen LogP contribution < -0.4 is 14.4 Å². The highest BCUT2D eigenvalue weighted by Gasteiger charge is 2.35. The van der Waals surface area contributed by atoms with E-state index in [2.05, 4.69) is 5.32 Å². The Morgan fingerprint density at radius 3 is 2.55 bits per heavy atom. The zero-order valence-electron chi connectivity index (χ0n) is 15.7. The minimum atomic E-state index is -3.65. The molecule has 1 atom stereocenters. The molecule has 2 aromatic rings. The van der Waals surface area contributed by atoms with Crippen LogP contribution in [-0.4, -0.2) is 45.8 Å². The molecule has 0 bridgehead atoms. The summed E-state index contributed by atoms with van der Waals surface area (Å²) in [6.07, 6.45) is -0.0188. The van der Waals surface area contributed by atoms with Gasteiger partial charge in [-0.2, -0.15) is 0 Å². The van der Waals surface area contributed by atoms with Crippen LogP contribution in [0.3, 0.4) is 0 Å². The summed E-state index contributed by atoms with van der Waals surface area (Å²) in [7, 11) is -3.65. The third kappa shape index (κ3) is 4.80. The standard InChI is InChI=1S/C19H19ClN2O6S/c1-3-27-19(24)12-4-7-14(8-5-12)21-18(23)17-11-22(29(2,25)26)15-10-13(20)6-9-16(15)28-17/h4-10,17H,3,11H2,1-2H3,(H,21,23)/t17-/m0/s1. The van der Waals surface area contributed by atoms with Crippen molar-refractivity contribution in [3.05, 3.63) is 53.1 Å². The fraction of sp³-hybridized carbons (Fsp3) is 0.263. The summed E-state index contributed by atoms with van der Waals surface area (Å²) >= 11 is 5.96. The number of hydrogen-bond donors (Lipinski definition) is 1. The molecule has 0 unspecified atom stereocenters. The van der Waals surface area contributed by atoms with E-state index in [1.54, 1.807) is 25.1 Å². The van der Waals surface area contributed by atoms with E-state index in [1.807, 2.05) is 0 Å². The fourth-order valence-corrected chi connectivity index (χ4v) is 3.87. The van der Waals surface area contributed by atoms with Gasteiger partial charge in [0.05, 0.1) is 30.7 Å². The third-order valence-electron chi connectivity index (χ3n) is 4.15. The molecule has 1 heterocycles. The second kappa shape index (κ2) is 8.30. The molecule has 0 saturated carbocycles. The number of nitrogens with zero attached hydrogens (tertiary/aromatic N) is 1. The summed E-state index contributed by atoms with van der Waals surface area (Å²) in [6, 6.07) is 10.7. The monoisotopic (exact) mass is 438 g/mol. The third-order valence-corrected chi connectivity index (χ3v) is 5.53. The van der Waals surface area contributed by atoms with Gasteiger partial charge < -0.3 is 14.8 Å². The number of fused-ring (bicyclic) bond motifs is 1. The number of amides is 1. The Morgan fingerprint density at radius 1 is 1.24 bits per heavy atom. The van der Waals surface area contributed by atoms with Crippen LogP contribution >= 0.6 is 11.6 Å². The van der Waals surface area contributed by atoms with E-state index in [1.165, 1.54) is 24.3 Å². The second-order valence-corrected chi connectivity index (χ2v) is 8.64. The van der Waals surface area contributed by atoms with Crippen molar-refractivity contribution in [1.82, 2.24) is 0 Å². The number of halogens is 1. The molecule has 3 rings (SSSR count). The van der Waals surface area contributed by atoms with Gasteiger partial charge >= 0.3 is 5.97 Å². The molecule has 0 saturated heterocycles. The second-order valence-electron chi connectivity index (χ2n) is 6.30. The van der Waals surface area contributed by atoms with Crippen LogP contribution in [0.25, 0.3) is 0 Å². The molecule has 0 fully saturated rings. The summed E-state index contributed by atoms with van der Waals surface area (Å²) in [6.45, 7) is 1.78. The predicted molar refractivity (Wildman–Crippen MR) is 109 cm³/mol. The van der Waals surface area contributed by atoms with Gasteiger partial charge in [-0.15, -0.1) is 0 Å². The minimum Gasteiger partial charge on any atom is -0.476 e. The first-order chi connectivity index (χ1) is 13.7. The summed E-state index contributed by atoms with van der Waals surface area (Å²) in [5.74, 6) is -0.743. The predicted octanol–water partition coefficient (Wildman–Crippen LogP) is 2.68. The number of hydrogen-bond acceptors (Lipinski definition) is 6. The maximum Gasteiger partial charge on any atom is 0.338 e. The van der Waals surface area contributed by atoms with Crippen LogP contribution in [0.2, 0.25) is 5.02 Å². The molecule has 1 N–H and O–H groups in total. The van der Waals surface area contributed by atoms with Gasteiger partial charge in [0.25, 0.3) is 5.91 Å². The van der Waals surface area contributed by atoms with Crippen LogP contribution in [0.15, 0.2) is 42.5 Å². The van der Waals surface area contributed by atoms with E-state index in [0.717, 1.165) is 10.6 Å². The van der Waals surface area contributed by atoms with Gasteiger partial charge in [0.15, 0.2) is 6.10 Å². The summed E-state index contributed by atoms with van der Waals surface area (Å²) < 4.78 is 36.1. The number of rotatable bonds is 5. The molecule has 0 radical (unpaired) electrons. The van der Waals surface area contributed by atoms with Crippen LogP contribution in [0, 0.1) is 0 Å².